The zero-order valence-electron chi connectivity index (χ0n) is 11.2. The standard InChI is InChI=1S/C13H20ClN3O2/c1-9-13(14)11(16-15-9)8-17-6-2-3-10(7-17)4-5-12(18)19/h10H,2-8H2,1H3,(H,15,16)(H,18,19). The van der Waals surface area contributed by atoms with E-state index in [1.165, 1.54) is 0 Å². The average Bonchev–Trinajstić information content (AvgIpc) is 2.69. The zero-order chi connectivity index (χ0) is 13.8. The second kappa shape index (κ2) is 6.39. The Labute approximate surface area is 117 Å². The van der Waals surface area contributed by atoms with Crippen molar-refractivity contribution in [1.82, 2.24) is 15.1 Å². The van der Waals surface area contributed by atoms with Crippen molar-refractivity contribution in [3.05, 3.63) is 16.4 Å². The summed E-state index contributed by atoms with van der Waals surface area (Å²) >= 11 is 6.17. The predicted molar refractivity (Wildman–Crippen MR) is 73.2 cm³/mol. The number of carboxylic acid groups (broad SMARTS) is 1. The van der Waals surface area contributed by atoms with Crippen molar-refractivity contribution in [2.75, 3.05) is 13.1 Å². The first-order valence-corrected chi connectivity index (χ1v) is 7.07. The number of carbonyl (C=O) groups is 1. The predicted octanol–water partition coefficient (Wildman–Crippen LogP) is 2.45. The molecule has 19 heavy (non-hydrogen) atoms. The molecule has 1 unspecified atom stereocenters. The number of carboxylic acids is 1. The summed E-state index contributed by atoms with van der Waals surface area (Å²) in [6, 6.07) is 0. The number of aliphatic carboxylic acids is 1. The quantitative estimate of drug-likeness (QED) is 0.872. The molecule has 0 spiro atoms. The third-order valence-corrected chi connectivity index (χ3v) is 4.19. The van der Waals surface area contributed by atoms with E-state index in [0.717, 1.165) is 50.3 Å². The van der Waals surface area contributed by atoms with E-state index in [0.29, 0.717) is 10.9 Å². The fourth-order valence-corrected chi connectivity index (χ4v) is 2.78. The van der Waals surface area contributed by atoms with E-state index in [1.807, 2.05) is 6.92 Å². The summed E-state index contributed by atoms with van der Waals surface area (Å²) in [6.07, 6.45) is 3.27. The molecule has 0 bridgehead atoms. The Morgan fingerprint density at radius 3 is 3.05 bits per heavy atom. The SMILES string of the molecule is Cc1[nH]nc(CN2CCCC(CCC(=O)O)C2)c1Cl. The minimum atomic E-state index is -0.705. The number of H-pyrrole nitrogens is 1. The molecule has 1 fully saturated rings. The molecule has 1 atom stereocenters. The molecule has 1 saturated heterocycles. The molecule has 1 aromatic rings. The van der Waals surface area contributed by atoms with Crippen LogP contribution in [0.4, 0.5) is 0 Å². The Hall–Kier alpha value is -1.07. The maximum atomic E-state index is 10.6. The van der Waals surface area contributed by atoms with E-state index in [2.05, 4.69) is 15.1 Å². The van der Waals surface area contributed by atoms with Gasteiger partial charge < -0.3 is 5.11 Å². The van der Waals surface area contributed by atoms with Gasteiger partial charge in [0.15, 0.2) is 0 Å². The van der Waals surface area contributed by atoms with Crippen LogP contribution in [-0.4, -0.2) is 39.3 Å². The molecule has 2 N–H and O–H groups in total. The molecular weight excluding hydrogens is 266 g/mol. The fourth-order valence-electron chi connectivity index (χ4n) is 2.64. The highest BCUT2D eigenvalue weighted by molar-refractivity contribution is 6.31. The van der Waals surface area contributed by atoms with Gasteiger partial charge in [0.25, 0.3) is 0 Å². The molecule has 0 aromatic carbocycles. The first kappa shape index (κ1) is 14.3. The summed E-state index contributed by atoms with van der Waals surface area (Å²) in [5.41, 5.74) is 1.79. The number of nitrogens with one attached hydrogen (secondary N) is 1. The average molecular weight is 286 g/mol. The van der Waals surface area contributed by atoms with Crippen LogP contribution in [0.1, 0.15) is 37.1 Å². The monoisotopic (exact) mass is 285 g/mol. The lowest BCUT2D eigenvalue weighted by Crippen LogP contribution is -2.35. The van der Waals surface area contributed by atoms with Crippen molar-refractivity contribution in [2.24, 2.45) is 5.92 Å². The van der Waals surface area contributed by atoms with Crippen molar-refractivity contribution in [3.8, 4) is 0 Å². The molecule has 0 radical (unpaired) electrons. The van der Waals surface area contributed by atoms with E-state index < -0.39 is 5.97 Å². The fraction of sp³-hybridized carbons (Fsp3) is 0.692. The Morgan fingerprint density at radius 2 is 2.42 bits per heavy atom. The van der Waals surface area contributed by atoms with Gasteiger partial charge in [0.2, 0.25) is 0 Å². The highest BCUT2D eigenvalue weighted by Gasteiger charge is 2.22. The highest BCUT2D eigenvalue weighted by Crippen LogP contribution is 2.24. The van der Waals surface area contributed by atoms with Crippen LogP contribution in [0.3, 0.4) is 0 Å². The van der Waals surface area contributed by atoms with Gasteiger partial charge in [-0.05, 0) is 38.6 Å². The molecule has 0 amide bonds. The summed E-state index contributed by atoms with van der Waals surface area (Å²) in [5.74, 6) is -0.230. The molecule has 1 aliphatic rings. The van der Waals surface area contributed by atoms with E-state index in [9.17, 15) is 4.79 Å². The van der Waals surface area contributed by atoms with Gasteiger partial charge in [-0.25, -0.2) is 0 Å². The number of likely N-dealkylation sites (tertiary alicyclic amines) is 1. The van der Waals surface area contributed by atoms with Crippen LogP contribution in [0, 0.1) is 12.8 Å². The summed E-state index contributed by atoms with van der Waals surface area (Å²) in [5, 5.41) is 16.6. The molecule has 1 aliphatic heterocycles. The van der Waals surface area contributed by atoms with Gasteiger partial charge in [0.05, 0.1) is 16.4 Å². The number of aryl methyl sites for hydroxylation is 1. The first-order valence-electron chi connectivity index (χ1n) is 6.69. The number of nitrogens with zero attached hydrogens (tertiary/aromatic N) is 2. The molecule has 106 valence electrons. The van der Waals surface area contributed by atoms with E-state index in [1.54, 1.807) is 0 Å². The number of piperidine rings is 1. The van der Waals surface area contributed by atoms with Crippen LogP contribution >= 0.6 is 11.6 Å². The van der Waals surface area contributed by atoms with Crippen LogP contribution < -0.4 is 0 Å². The van der Waals surface area contributed by atoms with Gasteiger partial charge >= 0.3 is 5.97 Å². The van der Waals surface area contributed by atoms with Crippen LogP contribution in [0.25, 0.3) is 0 Å². The largest absolute Gasteiger partial charge is 0.481 e. The van der Waals surface area contributed by atoms with Crippen molar-refractivity contribution < 1.29 is 9.90 Å². The van der Waals surface area contributed by atoms with E-state index in [-0.39, 0.29) is 6.42 Å². The number of hydrogen-bond donors (Lipinski definition) is 2. The Balaban J connectivity index is 1.87. The molecule has 6 heteroatoms. The van der Waals surface area contributed by atoms with Crippen molar-refractivity contribution in [1.29, 1.82) is 0 Å². The maximum absolute atomic E-state index is 10.6. The third kappa shape index (κ3) is 3.94. The normalized spacial score (nSPS) is 20.6. The molecule has 2 heterocycles. The second-order valence-electron chi connectivity index (χ2n) is 5.29. The number of aromatic amines is 1. The minimum absolute atomic E-state index is 0.265. The van der Waals surface area contributed by atoms with Crippen LogP contribution in [0.5, 0.6) is 0 Å². The lowest BCUT2D eigenvalue weighted by atomic mass is 9.93. The lowest BCUT2D eigenvalue weighted by molar-refractivity contribution is -0.137. The topological polar surface area (TPSA) is 69.2 Å². The molecule has 0 aliphatic carbocycles. The van der Waals surface area contributed by atoms with E-state index >= 15 is 0 Å². The second-order valence-corrected chi connectivity index (χ2v) is 5.66. The van der Waals surface area contributed by atoms with Gasteiger partial charge in [-0.3, -0.25) is 14.8 Å². The molecule has 0 saturated carbocycles. The van der Waals surface area contributed by atoms with Gasteiger partial charge in [0.1, 0.15) is 0 Å². The number of aromatic nitrogens is 2. The molecular formula is C13H20ClN3O2. The van der Waals surface area contributed by atoms with Gasteiger partial charge in [-0.1, -0.05) is 11.6 Å². The molecule has 2 rings (SSSR count). The van der Waals surface area contributed by atoms with Gasteiger partial charge in [-0.2, -0.15) is 5.10 Å². The number of halogens is 1. The summed E-state index contributed by atoms with van der Waals surface area (Å²) in [7, 11) is 0. The highest BCUT2D eigenvalue weighted by atomic mass is 35.5. The Morgan fingerprint density at radius 1 is 1.63 bits per heavy atom. The first-order chi connectivity index (χ1) is 9.06. The Bertz CT molecular complexity index is 447. The number of hydrogen-bond acceptors (Lipinski definition) is 3. The van der Waals surface area contributed by atoms with Gasteiger partial charge in [0, 0.05) is 19.5 Å². The van der Waals surface area contributed by atoms with Crippen molar-refractivity contribution in [2.45, 2.75) is 39.2 Å². The van der Waals surface area contributed by atoms with Gasteiger partial charge in [-0.15, -0.1) is 0 Å². The zero-order valence-corrected chi connectivity index (χ0v) is 11.9. The third-order valence-electron chi connectivity index (χ3n) is 3.68. The summed E-state index contributed by atoms with van der Waals surface area (Å²) in [4.78, 5) is 12.9. The number of rotatable bonds is 5. The maximum Gasteiger partial charge on any atom is 0.303 e. The Kier molecular flexibility index (Phi) is 4.82. The molecule has 1 aromatic heterocycles. The van der Waals surface area contributed by atoms with Crippen LogP contribution in [0.2, 0.25) is 5.02 Å². The van der Waals surface area contributed by atoms with Crippen LogP contribution in [0.15, 0.2) is 0 Å². The lowest BCUT2D eigenvalue weighted by Gasteiger charge is -2.32. The van der Waals surface area contributed by atoms with Crippen molar-refractivity contribution >= 4 is 17.6 Å². The van der Waals surface area contributed by atoms with Crippen LogP contribution in [-0.2, 0) is 11.3 Å². The minimum Gasteiger partial charge on any atom is -0.481 e. The smallest absolute Gasteiger partial charge is 0.303 e. The van der Waals surface area contributed by atoms with E-state index in [4.69, 9.17) is 16.7 Å². The van der Waals surface area contributed by atoms with Crippen molar-refractivity contribution in [3.63, 3.8) is 0 Å². The summed E-state index contributed by atoms with van der Waals surface area (Å²) < 4.78 is 0. The molecule has 5 nitrogen and oxygen atoms in total. The summed E-state index contributed by atoms with van der Waals surface area (Å²) in [6.45, 7) is 4.62.